The summed E-state index contributed by atoms with van der Waals surface area (Å²) in [6, 6.07) is 5.04. The van der Waals surface area contributed by atoms with E-state index in [1.807, 2.05) is 0 Å². The second-order valence-electron chi connectivity index (χ2n) is 5.25. The lowest BCUT2D eigenvalue weighted by Gasteiger charge is -2.19. The first-order valence-corrected chi connectivity index (χ1v) is 7.28. The molecule has 0 radical (unpaired) electrons. The molecule has 18 heavy (non-hydrogen) atoms. The van der Waals surface area contributed by atoms with Crippen LogP contribution in [-0.4, -0.2) is 6.04 Å². The quantitative estimate of drug-likeness (QED) is 0.739. The Morgan fingerprint density at radius 3 is 2.83 bits per heavy atom. The van der Waals surface area contributed by atoms with Gasteiger partial charge in [0.25, 0.3) is 0 Å². The molecule has 2 unspecified atom stereocenters. The molecular weight excluding hydrogens is 249 g/mol. The maximum atomic E-state index is 13.0. The van der Waals surface area contributed by atoms with Crippen molar-refractivity contribution in [1.29, 1.82) is 0 Å². The molecule has 1 aliphatic rings. The van der Waals surface area contributed by atoms with Crippen molar-refractivity contribution in [1.82, 2.24) is 0 Å². The molecule has 3 heteroatoms. The molecular formula is C15H21ClFN. The number of hydrogen-bond donors (Lipinski definition) is 1. The summed E-state index contributed by atoms with van der Waals surface area (Å²) < 4.78 is 13.0. The van der Waals surface area contributed by atoms with Crippen molar-refractivity contribution in [3.05, 3.63) is 29.0 Å². The Morgan fingerprint density at radius 1 is 1.28 bits per heavy atom. The van der Waals surface area contributed by atoms with E-state index in [2.05, 4.69) is 12.2 Å². The van der Waals surface area contributed by atoms with E-state index in [4.69, 9.17) is 11.6 Å². The first-order valence-electron chi connectivity index (χ1n) is 6.90. The molecule has 100 valence electrons. The molecule has 1 fully saturated rings. The van der Waals surface area contributed by atoms with Gasteiger partial charge in [0.15, 0.2) is 0 Å². The van der Waals surface area contributed by atoms with Gasteiger partial charge in [0.1, 0.15) is 5.82 Å². The Balaban J connectivity index is 1.96. The van der Waals surface area contributed by atoms with Crippen LogP contribution in [0, 0.1) is 11.7 Å². The maximum Gasteiger partial charge on any atom is 0.124 e. The molecule has 1 saturated carbocycles. The van der Waals surface area contributed by atoms with Gasteiger partial charge in [-0.05, 0) is 43.4 Å². The third-order valence-electron chi connectivity index (χ3n) is 3.96. The molecule has 1 nitrogen and oxygen atoms in total. The molecule has 0 saturated heterocycles. The van der Waals surface area contributed by atoms with Crippen molar-refractivity contribution in [2.75, 3.05) is 5.32 Å². The highest BCUT2D eigenvalue weighted by Crippen LogP contribution is 2.29. The van der Waals surface area contributed by atoms with Crippen molar-refractivity contribution in [2.24, 2.45) is 5.92 Å². The largest absolute Gasteiger partial charge is 0.381 e. The van der Waals surface area contributed by atoms with Crippen molar-refractivity contribution in [3.63, 3.8) is 0 Å². The Hall–Kier alpha value is -0.760. The standard InChI is InChI=1S/C15H21ClFN/c1-2-11-4-3-5-13(8-6-11)18-15-9-7-12(17)10-14(15)16/h7,9-11,13,18H,2-6,8H2,1H3. The monoisotopic (exact) mass is 269 g/mol. The van der Waals surface area contributed by atoms with Crippen LogP contribution >= 0.6 is 11.6 Å². The van der Waals surface area contributed by atoms with Gasteiger partial charge in [-0.3, -0.25) is 0 Å². The van der Waals surface area contributed by atoms with E-state index in [1.165, 1.54) is 50.7 Å². The van der Waals surface area contributed by atoms with Crippen LogP contribution in [0.2, 0.25) is 5.02 Å². The molecule has 0 aromatic heterocycles. The molecule has 1 aliphatic carbocycles. The van der Waals surface area contributed by atoms with Crippen LogP contribution in [0.4, 0.5) is 10.1 Å². The molecule has 1 aromatic carbocycles. The minimum absolute atomic E-state index is 0.280. The first kappa shape index (κ1) is 13.7. The summed E-state index contributed by atoms with van der Waals surface area (Å²) in [5.74, 6) is 0.595. The Labute approximate surface area is 114 Å². The van der Waals surface area contributed by atoms with E-state index in [9.17, 15) is 4.39 Å². The van der Waals surface area contributed by atoms with Crippen molar-refractivity contribution in [3.8, 4) is 0 Å². The topological polar surface area (TPSA) is 12.0 Å². The van der Waals surface area contributed by atoms with Crippen LogP contribution < -0.4 is 5.32 Å². The lowest BCUT2D eigenvalue weighted by molar-refractivity contribution is 0.444. The van der Waals surface area contributed by atoms with Gasteiger partial charge in [0.05, 0.1) is 10.7 Å². The molecule has 0 amide bonds. The summed E-state index contributed by atoms with van der Waals surface area (Å²) in [7, 11) is 0. The minimum atomic E-state index is -0.280. The summed E-state index contributed by atoms with van der Waals surface area (Å²) in [5.41, 5.74) is 0.859. The number of hydrogen-bond acceptors (Lipinski definition) is 1. The highest BCUT2D eigenvalue weighted by Gasteiger charge is 2.18. The average Bonchev–Trinajstić information content (AvgIpc) is 2.58. The third kappa shape index (κ3) is 3.61. The van der Waals surface area contributed by atoms with E-state index in [-0.39, 0.29) is 5.82 Å². The van der Waals surface area contributed by atoms with Crippen LogP contribution in [0.3, 0.4) is 0 Å². The maximum absolute atomic E-state index is 13.0. The molecule has 2 rings (SSSR count). The van der Waals surface area contributed by atoms with Crippen molar-refractivity contribution < 1.29 is 4.39 Å². The van der Waals surface area contributed by atoms with Crippen molar-refractivity contribution >= 4 is 17.3 Å². The van der Waals surface area contributed by atoms with E-state index in [1.54, 1.807) is 6.07 Å². The van der Waals surface area contributed by atoms with Gasteiger partial charge in [-0.15, -0.1) is 0 Å². The summed E-state index contributed by atoms with van der Waals surface area (Å²) in [6.45, 7) is 2.27. The van der Waals surface area contributed by atoms with E-state index in [0.717, 1.165) is 11.6 Å². The van der Waals surface area contributed by atoms with Gasteiger partial charge in [-0.1, -0.05) is 37.8 Å². The average molecular weight is 270 g/mol. The first-order chi connectivity index (χ1) is 8.69. The van der Waals surface area contributed by atoms with Crippen molar-refractivity contribution in [2.45, 2.75) is 51.5 Å². The fourth-order valence-corrected chi connectivity index (χ4v) is 2.98. The minimum Gasteiger partial charge on any atom is -0.381 e. The van der Waals surface area contributed by atoms with Crippen LogP contribution in [0.5, 0.6) is 0 Å². The Kier molecular flexibility index (Phi) is 4.87. The van der Waals surface area contributed by atoms with Crippen LogP contribution in [0.15, 0.2) is 18.2 Å². The van der Waals surface area contributed by atoms with E-state index in [0.29, 0.717) is 11.1 Å². The second kappa shape index (κ2) is 6.42. The predicted molar refractivity (Wildman–Crippen MR) is 75.7 cm³/mol. The number of nitrogens with one attached hydrogen (secondary N) is 1. The third-order valence-corrected chi connectivity index (χ3v) is 4.27. The van der Waals surface area contributed by atoms with Gasteiger partial charge >= 0.3 is 0 Å². The summed E-state index contributed by atoms with van der Waals surface area (Å²) >= 11 is 6.04. The zero-order chi connectivity index (χ0) is 13.0. The van der Waals surface area contributed by atoms with E-state index >= 15 is 0 Å². The van der Waals surface area contributed by atoms with Crippen LogP contribution in [-0.2, 0) is 0 Å². The highest BCUT2D eigenvalue weighted by atomic mass is 35.5. The number of halogens is 2. The molecule has 0 spiro atoms. The van der Waals surface area contributed by atoms with Crippen LogP contribution in [0.25, 0.3) is 0 Å². The number of anilines is 1. The molecule has 1 aromatic rings. The molecule has 0 heterocycles. The van der Waals surface area contributed by atoms with Gasteiger partial charge < -0.3 is 5.32 Å². The smallest absolute Gasteiger partial charge is 0.124 e. The zero-order valence-corrected chi connectivity index (χ0v) is 11.6. The fraction of sp³-hybridized carbons (Fsp3) is 0.600. The Bertz CT molecular complexity index is 394. The fourth-order valence-electron chi connectivity index (χ4n) is 2.76. The normalized spacial score (nSPS) is 24.6. The predicted octanol–water partition coefficient (Wildman–Crippen LogP) is 5.25. The van der Waals surface area contributed by atoms with Crippen LogP contribution in [0.1, 0.15) is 45.4 Å². The molecule has 1 N–H and O–H groups in total. The second-order valence-corrected chi connectivity index (χ2v) is 5.66. The lowest BCUT2D eigenvalue weighted by Crippen LogP contribution is -2.18. The highest BCUT2D eigenvalue weighted by molar-refractivity contribution is 6.33. The molecule has 0 aliphatic heterocycles. The van der Waals surface area contributed by atoms with E-state index < -0.39 is 0 Å². The van der Waals surface area contributed by atoms with Gasteiger partial charge in [0, 0.05) is 6.04 Å². The number of benzene rings is 1. The molecule has 2 atom stereocenters. The zero-order valence-electron chi connectivity index (χ0n) is 10.9. The van der Waals surface area contributed by atoms with Gasteiger partial charge in [0.2, 0.25) is 0 Å². The summed E-state index contributed by atoms with van der Waals surface area (Å²) in [4.78, 5) is 0. The number of rotatable bonds is 3. The lowest BCUT2D eigenvalue weighted by atomic mass is 9.98. The summed E-state index contributed by atoms with van der Waals surface area (Å²) in [5, 5.41) is 3.94. The molecule has 0 bridgehead atoms. The van der Waals surface area contributed by atoms with Gasteiger partial charge in [-0.25, -0.2) is 4.39 Å². The Morgan fingerprint density at radius 2 is 2.11 bits per heavy atom. The van der Waals surface area contributed by atoms with Gasteiger partial charge in [-0.2, -0.15) is 0 Å². The summed E-state index contributed by atoms with van der Waals surface area (Å²) in [6.07, 6.45) is 7.55. The SMILES string of the molecule is CCC1CCCC(Nc2ccc(F)cc2Cl)CC1.